The number of nitro groups is 1. The van der Waals surface area contributed by atoms with Gasteiger partial charge in [0.15, 0.2) is 6.23 Å². The maximum absolute atomic E-state index is 10.5. The summed E-state index contributed by atoms with van der Waals surface area (Å²) in [6, 6.07) is 5.54. The third-order valence-electron chi connectivity index (χ3n) is 2.89. The zero-order valence-electron chi connectivity index (χ0n) is 9.84. The van der Waals surface area contributed by atoms with Gasteiger partial charge in [-0.2, -0.15) is 0 Å². The van der Waals surface area contributed by atoms with Crippen LogP contribution in [0.4, 0.5) is 11.4 Å². The summed E-state index contributed by atoms with van der Waals surface area (Å²) >= 11 is 0. The molecule has 1 saturated heterocycles. The van der Waals surface area contributed by atoms with E-state index in [1.165, 1.54) is 24.3 Å². The normalized spacial score (nSPS) is 30.9. The second-order valence-electron chi connectivity index (χ2n) is 4.25. The summed E-state index contributed by atoms with van der Waals surface area (Å²) in [5, 5.41) is 41.8. The van der Waals surface area contributed by atoms with Gasteiger partial charge in [0.25, 0.3) is 5.69 Å². The topological polar surface area (TPSA) is 125 Å². The van der Waals surface area contributed by atoms with Crippen LogP contribution in [0.2, 0.25) is 0 Å². The fraction of sp³-hybridized carbons (Fsp3) is 0.455. The molecule has 1 heterocycles. The summed E-state index contributed by atoms with van der Waals surface area (Å²) < 4.78 is 5.15. The van der Waals surface area contributed by atoms with Crippen LogP contribution in [-0.2, 0) is 4.74 Å². The lowest BCUT2D eigenvalue weighted by Gasteiger charge is -2.35. The van der Waals surface area contributed by atoms with Crippen molar-refractivity contribution < 1.29 is 25.0 Å². The molecule has 8 nitrogen and oxygen atoms in total. The Morgan fingerprint density at radius 1 is 1.21 bits per heavy atom. The van der Waals surface area contributed by atoms with Crippen LogP contribution < -0.4 is 5.32 Å². The first-order valence-electron chi connectivity index (χ1n) is 5.66. The van der Waals surface area contributed by atoms with Crippen molar-refractivity contribution in [2.75, 3.05) is 11.9 Å². The Balaban J connectivity index is 2.03. The Bertz CT molecular complexity index is 451. The first-order valence-corrected chi connectivity index (χ1v) is 5.66. The van der Waals surface area contributed by atoms with Gasteiger partial charge in [0, 0.05) is 17.8 Å². The Kier molecular flexibility index (Phi) is 3.96. The van der Waals surface area contributed by atoms with Crippen LogP contribution in [0, 0.1) is 10.1 Å². The number of nitrogens with zero attached hydrogens (tertiary/aromatic N) is 1. The maximum atomic E-state index is 10.5. The van der Waals surface area contributed by atoms with Crippen molar-refractivity contribution in [3.8, 4) is 0 Å². The summed E-state index contributed by atoms with van der Waals surface area (Å²) in [7, 11) is 0. The summed E-state index contributed by atoms with van der Waals surface area (Å²) in [5.74, 6) is 0. The first kappa shape index (κ1) is 13.7. The highest BCUT2D eigenvalue weighted by Gasteiger charge is 2.37. The lowest BCUT2D eigenvalue weighted by molar-refractivity contribution is -0.384. The van der Waals surface area contributed by atoms with Crippen LogP contribution in [0.1, 0.15) is 0 Å². The molecule has 4 atom stereocenters. The van der Waals surface area contributed by atoms with Crippen molar-refractivity contribution in [2.45, 2.75) is 24.5 Å². The number of nitro benzene ring substituents is 1. The van der Waals surface area contributed by atoms with Crippen molar-refractivity contribution in [1.82, 2.24) is 0 Å². The lowest BCUT2D eigenvalue weighted by Crippen LogP contribution is -2.55. The summed E-state index contributed by atoms with van der Waals surface area (Å²) in [5.41, 5.74) is 0.448. The van der Waals surface area contributed by atoms with E-state index in [0.29, 0.717) is 5.69 Å². The quantitative estimate of drug-likeness (QED) is 0.428. The molecule has 1 unspecified atom stereocenters. The van der Waals surface area contributed by atoms with Crippen LogP contribution in [0.5, 0.6) is 0 Å². The molecular formula is C11H14N2O6. The average Bonchev–Trinajstić information content (AvgIpc) is 2.40. The molecule has 2 rings (SSSR count). The summed E-state index contributed by atoms with van der Waals surface area (Å²) in [6.07, 6.45) is -4.62. The van der Waals surface area contributed by atoms with Crippen LogP contribution in [0.3, 0.4) is 0 Å². The number of benzene rings is 1. The molecule has 1 aliphatic heterocycles. The molecule has 0 spiro atoms. The Labute approximate surface area is 108 Å². The van der Waals surface area contributed by atoms with E-state index in [0.717, 1.165) is 0 Å². The van der Waals surface area contributed by atoms with Gasteiger partial charge >= 0.3 is 0 Å². The first-order chi connectivity index (χ1) is 8.99. The van der Waals surface area contributed by atoms with Crippen molar-refractivity contribution in [3.05, 3.63) is 34.4 Å². The van der Waals surface area contributed by atoms with Gasteiger partial charge < -0.3 is 25.4 Å². The Morgan fingerprint density at radius 3 is 2.42 bits per heavy atom. The largest absolute Gasteiger partial charge is 0.388 e. The molecule has 0 radical (unpaired) electrons. The van der Waals surface area contributed by atoms with Gasteiger partial charge in [-0.05, 0) is 12.1 Å². The minimum atomic E-state index is -1.30. The second kappa shape index (κ2) is 5.49. The molecule has 1 aliphatic rings. The van der Waals surface area contributed by atoms with Gasteiger partial charge in [-0.1, -0.05) is 0 Å². The van der Waals surface area contributed by atoms with Crippen LogP contribution in [0.15, 0.2) is 24.3 Å². The zero-order chi connectivity index (χ0) is 14.0. The number of aliphatic hydroxyl groups is 3. The summed E-state index contributed by atoms with van der Waals surface area (Å²) in [6.45, 7) is -0.108. The number of ether oxygens (including phenoxy) is 1. The molecule has 0 saturated carbocycles. The third kappa shape index (κ3) is 2.99. The molecule has 1 aromatic carbocycles. The number of hydrogen-bond donors (Lipinski definition) is 4. The van der Waals surface area contributed by atoms with E-state index in [1.54, 1.807) is 0 Å². The third-order valence-corrected chi connectivity index (χ3v) is 2.89. The van der Waals surface area contributed by atoms with E-state index >= 15 is 0 Å². The predicted molar refractivity (Wildman–Crippen MR) is 64.5 cm³/mol. The molecule has 4 N–H and O–H groups in total. The fourth-order valence-corrected chi connectivity index (χ4v) is 1.78. The van der Waals surface area contributed by atoms with Gasteiger partial charge in [0.05, 0.1) is 11.5 Å². The molecule has 19 heavy (non-hydrogen) atoms. The van der Waals surface area contributed by atoms with Crippen molar-refractivity contribution >= 4 is 11.4 Å². The van der Waals surface area contributed by atoms with E-state index in [2.05, 4.69) is 5.32 Å². The van der Waals surface area contributed by atoms with E-state index in [4.69, 9.17) is 4.74 Å². The van der Waals surface area contributed by atoms with E-state index < -0.39 is 29.5 Å². The van der Waals surface area contributed by atoms with Crippen molar-refractivity contribution in [3.63, 3.8) is 0 Å². The Hall–Kier alpha value is -1.74. The molecule has 1 aromatic rings. The number of anilines is 1. The van der Waals surface area contributed by atoms with E-state index in [-0.39, 0.29) is 12.3 Å². The molecule has 0 aromatic heterocycles. The zero-order valence-corrected chi connectivity index (χ0v) is 9.84. The predicted octanol–water partition coefficient (Wildman–Crippen LogP) is -0.554. The smallest absolute Gasteiger partial charge is 0.269 e. The van der Waals surface area contributed by atoms with Gasteiger partial charge in [0.1, 0.15) is 18.3 Å². The van der Waals surface area contributed by atoms with Gasteiger partial charge in [-0.25, -0.2) is 0 Å². The average molecular weight is 270 g/mol. The van der Waals surface area contributed by atoms with Crippen LogP contribution in [-0.4, -0.2) is 51.4 Å². The summed E-state index contributed by atoms with van der Waals surface area (Å²) in [4.78, 5) is 9.97. The number of non-ortho nitro benzene ring substituents is 1. The maximum Gasteiger partial charge on any atom is 0.269 e. The van der Waals surface area contributed by atoms with Gasteiger partial charge in [-0.3, -0.25) is 10.1 Å². The van der Waals surface area contributed by atoms with E-state index in [9.17, 15) is 25.4 Å². The fourth-order valence-electron chi connectivity index (χ4n) is 1.78. The highest BCUT2D eigenvalue weighted by molar-refractivity contribution is 5.49. The second-order valence-corrected chi connectivity index (χ2v) is 4.25. The number of rotatable bonds is 3. The molecule has 1 fully saturated rings. The monoisotopic (exact) mass is 270 g/mol. The van der Waals surface area contributed by atoms with Crippen molar-refractivity contribution in [1.29, 1.82) is 0 Å². The highest BCUT2D eigenvalue weighted by atomic mass is 16.6. The molecule has 104 valence electrons. The van der Waals surface area contributed by atoms with Crippen LogP contribution in [0.25, 0.3) is 0 Å². The van der Waals surface area contributed by atoms with E-state index in [1.807, 2.05) is 0 Å². The number of nitrogens with one attached hydrogen (secondary N) is 1. The highest BCUT2D eigenvalue weighted by Crippen LogP contribution is 2.20. The SMILES string of the molecule is O=[N+]([O-])c1ccc(NC2OC[C@H](O)[C@H](O)[C@H]2O)cc1. The minimum Gasteiger partial charge on any atom is -0.388 e. The lowest BCUT2D eigenvalue weighted by atomic mass is 10.0. The Morgan fingerprint density at radius 2 is 1.84 bits per heavy atom. The molecule has 0 bridgehead atoms. The van der Waals surface area contributed by atoms with Crippen molar-refractivity contribution in [2.24, 2.45) is 0 Å². The van der Waals surface area contributed by atoms with Gasteiger partial charge in [-0.15, -0.1) is 0 Å². The molecule has 8 heteroatoms. The standard InChI is InChI=1S/C11H14N2O6/c14-8-5-19-11(10(16)9(8)15)12-6-1-3-7(4-2-6)13(17)18/h1-4,8-12,14-16H,5H2/t8-,9-,10+,11?/m0/s1. The van der Waals surface area contributed by atoms with Gasteiger partial charge in [0.2, 0.25) is 0 Å². The minimum absolute atomic E-state index is 0.0499. The molecular weight excluding hydrogens is 256 g/mol. The number of hydrogen-bond acceptors (Lipinski definition) is 7. The molecule has 0 amide bonds. The van der Waals surface area contributed by atoms with Crippen LogP contribution >= 0.6 is 0 Å². The molecule has 0 aliphatic carbocycles. The number of aliphatic hydroxyl groups excluding tert-OH is 3.